The average Bonchev–Trinajstić information content (AvgIpc) is 2.41. The molecule has 1 aromatic rings. The maximum absolute atomic E-state index is 12.4. The molecule has 0 bridgehead atoms. The zero-order valence-corrected chi connectivity index (χ0v) is 8.24. The first kappa shape index (κ1) is 10.9. The van der Waals surface area contributed by atoms with Crippen LogP contribution in [0.5, 0.6) is 0 Å². The van der Waals surface area contributed by atoms with Gasteiger partial charge in [-0.1, -0.05) is 11.6 Å². The van der Waals surface area contributed by atoms with E-state index in [-0.39, 0.29) is 11.3 Å². The van der Waals surface area contributed by atoms with Crippen LogP contribution in [0, 0.1) is 0 Å². The number of rotatable bonds is 0. The summed E-state index contributed by atoms with van der Waals surface area (Å²) in [5.74, 6) is -1.84. The number of hydrogen-bond acceptors (Lipinski definition) is 2. The van der Waals surface area contributed by atoms with E-state index in [1.807, 2.05) is 5.32 Å². The van der Waals surface area contributed by atoms with Crippen LogP contribution < -0.4 is 5.32 Å². The van der Waals surface area contributed by atoms with E-state index in [1.165, 1.54) is 0 Å². The number of alkyl halides is 3. The van der Waals surface area contributed by atoms with Crippen molar-refractivity contribution in [2.24, 2.45) is 0 Å². The van der Waals surface area contributed by atoms with Gasteiger partial charge in [0.1, 0.15) is 0 Å². The number of amides is 1. The van der Waals surface area contributed by atoms with Crippen LogP contribution in [0.3, 0.4) is 0 Å². The smallest absolute Gasteiger partial charge is 0.318 e. The Hall–Kier alpha value is -1.56. The van der Waals surface area contributed by atoms with Gasteiger partial charge in [-0.25, -0.2) is 0 Å². The number of halogens is 4. The average molecular weight is 250 g/mol. The van der Waals surface area contributed by atoms with Crippen molar-refractivity contribution in [1.29, 1.82) is 0 Å². The summed E-state index contributed by atoms with van der Waals surface area (Å²) in [6, 6.07) is 1.50. The molecule has 2 rings (SSSR count). The molecule has 0 saturated heterocycles. The molecule has 3 nitrogen and oxygen atoms in total. The molecule has 7 heteroatoms. The molecule has 0 aliphatic carbocycles. The van der Waals surface area contributed by atoms with E-state index in [9.17, 15) is 22.8 Å². The van der Waals surface area contributed by atoms with Crippen molar-refractivity contribution in [3.8, 4) is 0 Å². The van der Waals surface area contributed by atoms with Gasteiger partial charge in [0.2, 0.25) is 0 Å². The van der Waals surface area contributed by atoms with Gasteiger partial charge >= 0.3 is 6.18 Å². The minimum Gasteiger partial charge on any atom is -0.318 e. The second kappa shape index (κ2) is 3.21. The molecule has 1 amide bonds. The quantitative estimate of drug-likeness (QED) is 0.718. The highest BCUT2D eigenvalue weighted by molar-refractivity contribution is 6.52. The van der Waals surface area contributed by atoms with Crippen LogP contribution >= 0.6 is 11.6 Å². The normalized spacial score (nSPS) is 15.0. The van der Waals surface area contributed by atoms with Crippen molar-refractivity contribution in [3.05, 3.63) is 28.3 Å². The first-order valence-corrected chi connectivity index (χ1v) is 4.45. The number of Topliss-reactive ketones (excluding diaryl/α,β-unsaturated/α-hetero) is 1. The lowest BCUT2D eigenvalue weighted by atomic mass is 10.1. The maximum Gasteiger partial charge on any atom is 0.417 e. The second-order valence-electron chi connectivity index (χ2n) is 3.16. The molecular weight excluding hydrogens is 247 g/mol. The zero-order valence-electron chi connectivity index (χ0n) is 7.48. The number of carbonyl (C=O) groups is 2. The summed E-state index contributed by atoms with van der Waals surface area (Å²) >= 11 is 5.39. The fourth-order valence-corrected chi connectivity index (χ4v) is 1.65. The van der Waals surface area contributed by atoms with Crippen LogP contribution in [0.2, 0.25) is 5.02 Å². The monoisotopic (exact) mass is 249 g/mol. The Kier molecular flexibility index (Phi) is 2.20. The van der Waals surface area contributed by atoms with E-state index in [4.69, 9.17) is 11.6 Å². The standard InChI is InChI=1S/C9H3ClF3NO2/c10-5-1-3-6(14-8(16)7(3)15)2-4(5)9(11,12)13/h1-2H,(H,14,15,16). The largest absolute Gasteiger partial charge is 0.417 e. The molecule has 1 aromatic carbocycles. The summed E-state index contributed by atoms with van der Waals surface area (Å²) in [5, 5.41) is 1.44. The molecule has 1 heterocycles. The fourth-order valence-electron chi connectivity index (χ4n) is 1.38. The van der Waals surface area contributed by atoms with Gasteiger partial charge in [-0.05, 0) is 12.1 Å². The predicted molar refractivity (Wildman–Crippen MR) is 49.4 cm³/mol. The van der Waals surface area contributed by atoms with Gasteiger partial charge in [0, 0.05) is 0 Å². The third kappa shape index (κ3) is 1.55. The Morgan fingerprint density at radius 3 is 2.38 bits per heavy atom. The number of anilines is 1. The number of hydrogen-bond donors (Lipinski definition) is 1. The maximum atomic E-state index is 12.4. The van der Waals surface area contributed by atoms with Crippen LogP contribution in [0.15, 0.2) is 12.1 Å². The molecule has 0 fully saturated rings. The second-order valence-corrected chi connectivity index (χ2v) is 3.57. The van der Waals surface area contributed by atoms with E-state index >= 15 is 0 Å². The van der Waals surface area contributed by atoms with E-state index in [1.54, 1.807) is 0 Å². The minimum absolute atomic E-state index is 0.136. The van der Waals surface area contributed by atoms with Gasteiger partial charge in [-0.3, -0.25) is 9.59 Å². The van der Waals surface area contributed by atoms with Crippen LogP contribution in [-0.2, 0) is 11.0 Å². The third-order valence-corrected chi connectivity index (χ3v) is 2.42. The van der Waals surface area contributed by atoms with Gasteiger partial charge in [-0.15, -0.1) is 0 Å². The molecule has 1 aliphatic heterocycles. The summed E-state index contributed by atoms with van der Waals surface area (Å²) in [6.45, 7) is 0. The van der Waals surface area contributed by atoms with Gasteiger partial charge in [0.15, 0.2) is 0 Å². The third-order valence-electron chi connectivity index (χ3n) is 2.11. The van der Waals surface area contributed by atoms with Crippen molar-refractivity contribution < 1.29 is 22.8 Å². The highest BCUT2D eigenvalue weighted by Crippen LogP contribution is 2.39. The summed E-state index contributed by atoms with van der Waals surface area (Å²) in [7, 11) is 0. The summed E-state index contributed by atoms with van der Waals surface area (Å²) in [6.07, 6.45) is -4.62. The number of benzene rings is 1. The lowest BCUT2D eigenvalue weighted by Crippen LogP contribution is -2.12. The number of nitrogens with one attached hydrogen (secondary N) is 1. The molecule has 84 valence electrons. The van der Waals surface area contributed by atoms with Crippen molar-refractivity contribution >= 4 is 29.0 Å². The SMILES string of the molecule is O=C1Nc2cc(C(F)(F)F)c(Cl)cc2C1=O. The van der Waals surface area contributed by atoms with E-state index < -0.39 is 28.5 Å². The molecule has 1 N–H and O–H groups in total. The topological polar surface area (TPSA) is 46.2 Å². The molecule has 16 heavy (non-hydrogen) atoms. The van der Waals surface area contributed by atoms with Crippen molar-refractivity contribution in [2.45, 2.75) is 6.18 Å². The highest BCUT2D eigenvalue weighted by Gasteiger charge is 2.37. The van der Waals surface area contributed by atoms with Crippen LogP contribution in [-0.4, -0.2) is 11.7 Å². The molecular formula is C9H3ClF3NO2. The highest BCUT2D eigenvalue weighted by atomic mass is 35.5. The van der Waals surface area contributed by atoms with Gasteiger partial charge < -0.3 is 5.32 Å². The molecule has 0 unspecified atom stereocenters. The zero-order chi connectivity index (χ0) is 12.1. The lowest BCUT2D eigenvalue weighted by Gasteiger charge is -2.10. The summed E-state index contributed by atoms with van der Waals surface area (Å²) in [4.78, 5) is 22.1. The van der Waals surface area contributed by atoms with Gasteiger partial charge in [-0.2, -0.15) is 13.2 Å². The number of fused-ring (bicyclic) bond motifs is 1. The van der Waals surface area contributed by atoms with E-state index in [2.05, 4.69) is 0 Å². The number of carbonyl (C=O) groups excluding carboxylic acids is 2. The Balaban J connectivity index is 2.62. The Bertz CT molecular complexity index is 510. The first-order valence-electron chi connectivity index (χ1n) is 4.07. The molecule has 0 saturated carbocycles. The lowest BCUT2D eigenvalue weighted by molar-refractivity contribution is -0.137. The van der Waals surface area contributed by atoms with Crippen molar-refractivity contribution in [3.63, 3.8) is 0 Å². The molecule has 0 aromatic heterocycles. The minimum atomic E-state index is -4.62. The van der Waals surface area contributed by atoms with Gasteiger partial charge in [0.05, 0.1) is 21.8 Å². The predicted octanol–water partition coefficient (Wildman–Crippen LogP) is 2.49. The van der Waals surface area contributed by atoms with Crippen LogP contribution in [0.1, 0.15) is 15.9 Å². The molecule has 0 radical (unpaired) electrons. The number of ketones is 1. The Morgan fingerprint density at radius 2 is 1.81 bits per heavy atom. The van der Waals surface area contributed by atoms with E-state index in [0.717, 1.165) is 6.07 Å². The molecule has 0 atom stereocenters. The fraction of sp³-hybridized carbons (Fsp3) is 0.111. The van der Waals surface area contributed by atoms with Crippen molar-refractivity contribution in [2.75, 3.05) is 5.32 Å². The van der Waals surface area contributed by atoms with Crippen LogP contribution in [0.4, 0.5) is 18.9 Å². The van der Waals surface area contributed by atoms with E-state index in [0.29, 0.717) is 6.07 Å². The Morgan fingerprint density at radius 1 is 1.19 bits per heavy atom. The Labute approximate surface area is 92.2 Å². The van der Waals surface area contributed by atoms with Crippen molar-refractivity contribution in [1.82, 2.24) is 0 Å². The summed E-state index contributed by atoms with van der Waals surface area (Å²) in [5.41, 5.74) is -1.38. The first-order chi connectivity index (χ1) is 7.30. The van der Waals surface area contributed by atoms with Gasteiger partial charge in [0.25, 0.3) is 11.7 Å². The molecule has 1 aliphatic rings. The molecule has 0 spiro atoms. The summed E-state index contributed by atoms with van der Waals surface area (Å²) < 4.78 is 37.3. The van der Waals surface area contributed by atoms with Crippen LogP contribution in [0.25, 0.3) is 0 Å².